The summed E-state index contributed by atoms with van der Waals surface area (Å²) in [4.78, 5) is 11.4. The highest BCUT2D eigenvalue weighted by Gasteiger charge is 2.21. The molecule has 1 aliphatic carbocycles. The Morgan fingerprint density at radius 3 is 2.84 bits per heavy atom. The van der Waals surface area contributed by atoms with Gasteiger partial charge in [0.1, 0.15) is 5.82 Å². The maximum atomic E-state index is 4.70. The molecule has 0 bridgehead atoms. The third-order valence-corrected chi connectivity index (χ3v) is 4.07. The van der Waals surface area contributed by atoms with Gasteiger partial charge in [0.2, 0.25) is 0 Å². The van der Waals surface area contributed by atoms with Crippen LogP contribution < -0.4 is 10.2 Å². The first-order valence-corrected chi connectivity index (χ1v) is 7.04. The Kier molecular flexibility index (Phi) is 3.27. The van der Waals surface area contributed by atoms with Crippen LogP contribution in [0, 0.1) is 0 Å². The first-order valence-electron chi connectivity index (χ1n) is 7.04. The molecule has 1 saturated carbocycles. The Balaban J connectivity index is 1.99. The van der Waals surface area contributed by atoms with Gasteiger partial charge in [-0.3, -0.25) is 0 Å². The first kappa shape index (κ1) is 12.3. The fourth-order valence-corrected chi connectivity index (χ4v) is 2.91. The molecule has 0 atom stereocenters. The van der Waals surface area contributed by atoms with Crippen LogP contribution in [0.4, 0.5) is 11.6 Å². The number of aromatic nitrogens is 3. The largest absolute Gasteiger partial charge is 0.372 e. The highest BCUT2D eigenvalue weighted by molar-refractivity contribution is 5.66. The van der Waals surface area contributed by atoms with Gasteiger partial charge in [-0.15, -0.1) is 0 Å². The standard InChI is InChI=1S/C14H21N5/c1-15-12-10-19-9-8-16-13(19)14(17-12)18(2)11-6-4-3-5-7-11/h8-11,15H,3-7H2,1-2H3. The number of hydrogen-bond acceptors (Lipinski definition) is 4. The molecule has 1 N–H and O–H groups in total. The lowest BCUT2D eigenvalue weighted by atomic mass is 9.94. The second-order valence-electron chi connectivity index (χ2n) is 5.26. The average Bonchev–Trinajstić information content (AvgIpc) is 2.94. The van der Waals surface area contributed by atoms with Crippen molar-refractivity contribution in [3.8, 4) is 0 Å². The summed E-state index contributed by atoms with van der Waals surface area (Å²) in [6.45, 7) is 0. The summed E-state index contributed by atoms with van der Waals surface area (Å²) in [5.74, 6) is 1.85. The number of nitrogens with one attached hydrogen (secondary N) is 1. The van der Waals surface area contributed by atoms with Crippen LogP contribution in [0.2, 0.25) is 0 Å². The number of nitrogens with zero attached hydrogens (tertiary/aromatic N) is 4. The monoisotopic (exact) mass is 259 g/mol. The first-order chi connectivity index (χ1) is 9.29. The van der Waals surface area contributed by atoms with Crippen LogP contribution in [-0.2, 0) is 0 Å². The van der Waals surface area contributed by atoms with Crippen molar-refractivity contribution < 1.29 is 0 Å². The molecule has 0 saturated heterocycles. The van der Waals surface area contributed by atoms with E-state index in [0.717, 1.165) is 17.3 Å². The molecule has 0 spiro atoms. The predicted octanol–water partition coefficient (Wildman–Crippen LogP) is 2.54. The highest BCUT2D eigenvalue weighted by Crippen LogP contribution is 2.27. The molecule has 2 aromatic rings. The molecule has 0 aliphatic heterocycles. The van der Waals surface area contributed by atoms with Crippen molar-refractivity contribution in [1.82, 2.24) is 14.4 Å². The van der Waals surface area contributed by atoms with Crippen LogP contribution in [0.3, 0.4) is 0 Å². The van der Waals surface area contributed by atoms with Crippen molar-refractivity contribution in [2.45, 2.75) is 38.1 Å². The van der Waals surface area contributed by atoms with E-state index < -0.39 is 0 Å². The van der Waals surface area contributed by atoms with E-state index in [-0.39, 0.29) is 0 Å². The van der Waals surface area contributed by atoms with E-state index in [1.54, 1.807) is 0 Å². The van der Waals surface area contributed by atoms with Crippen LogP contribution in [0.15, 0.2) is 18.6 Å². The third kappa shape index (κ3) is 2.25. The van der Waals surface area contributed by atoms with E-state index in [0.29, 0.717) is 6.04 Å². The number of hydrogen-bond donors (Lipinski definition) is 1. The molecule has 3 rings (SSSR count). The number of fused-ring (bicyclic) bond motifs is 1. The van der Waals surface area contributed by atoms with Crippen molar-refractivity contribution in [2.24, 2.45) is 0 Å². The Bertz CT molecular complexity index is 556. The van der Waals surface area contributed by atoms with Crippen LogP contribution >= 0.6 is 0 Å². The fourth-order valence-electron chi connectivity index (χ4n) is 2.91. The summed E-state index contributed by atoms with van der Waals surface area (Å²) in [5, 5.41) is 3.12. The van der Waals surface area contributed by atoms with Crippen LogP contribution in [0.25, 0.3) is 5.65 Å². The Morgan fingerprint density at radius 1 is 1.32 bits per heavy atom. The minimum Gasteiger partial charge on any atom is -0.372 e. The van der Waals surface area contributed by atoms with Crippen LogP contribution in [0.5, 0.6) is 0 Å². The van der Waals surface area contributed by atoms with E-state index >= 15 is 0 Å². The topological polar surface area (TPSA) is 45.5 Å². The van der Waals surface area contributed by atoms with Crippen molar-refractivity contribution in [2.75, 3.05) is 24.3 Å². The van der Waals surface area contributed by atoms with E-state index in [4.69, 9.17) is 4.98 Å². The molecule has 19 heavy (non-hydrogen) atoms. The quantitative estimate of drug-likeness (QED) is 0.920. The summed E-state index contributed by atoms with van der Waals surface area (Å²) in [6, 6.07) is 0.592. The van der Waals surface area contributed by atoms with Crippen molar-refractivity contribution in [3.63, 3.8) is 0 Å². The number of imidazole rings is 1. The molecular formula is C14H21N5. The Labute approximate surface area is 113 Å². The lowest BCUT2D eigenvalue weighted by Crippen LogP contribution is -2.34. The van der Waals surface area contributed by atoms with Gasteiger partial charge in [-0.25, -0.2) is 9.97 Å². The van der Waals surface area contributed by atoms with Gasteiger partial charge in [0.25, 0.3) is 0 Å². The molecule has 1 aliphatic rings. The van der Waals surface area contributed by atoms with Gasteiger partial charge in [-0.05, 0) is 12.8 Å². The van der Waals surface area contributed by atoms with Gasteiger partial charge < -0.3 is 14.6 Å². The minimum atomic E-state index is 0.592. The van der Waals surface area contributed by atoms with E-state index in [2.05, 4.69) is 22.2 Å². The Hall–Kier alpha value is -1.78. The van der Waals surface area contributed by atoms with Crippen LogP contribution in [-0.4, -0.2) is 34.5 Å². The molecule has 2 aromatic heterocycles. The molecule has 5 nitrogen and oxygen atoms in total. The summed E-state index contributed by atoms with van der Waals surface area (Å²) in [6.07, 6.45) is 12.3. The summed E-state index contributed by atoms with van der Waals surface area (Å²) < 4.78 is 2.04. The summed E-state index contributed by atoms with van der Waals surface area (Å²) in [7, 11) is 4.04. The molecular weight excluding hydrogens is 238 g/mol. The number of rotatable bonds is 3. The molecule has 2 heterocycles. The van der Waals surface area contributed by atoms with Gasteiger partial charge in [-0.1, -0.05) is 19.3 Å². The van der Waals surface area contributed by atoms with Crippen molar-refractivity contribution in [1.29, 1.82) is 0 Å². The van der Waals surface area contributed by atoms with Gasteiger partial charge in [0.05, 0.1) is 6.20 Å². The van der Waals surface area contributed by atoms with E-state index in [1.807, 2.05) is 30.0 Å². The minimum absolute atomic E-state index is 0.592. The fraction of sp³-hybridized carbons (Fsp3) is 0.571. The summed E-state index contributed by atoms with van der Waals surface area (Å²) >= 11 is 0. The van der Waals surface area contributed by atoms with Crippen molar-refractivity contribution in [3.05, 3.63) is 18.6 Å². The van der Waals surface area contributed by atoms with Crippen LogP contribution in [0.1, 0.15) is 32.1 Å². The lowest BCUT2D eigenvalue weighted by Gasteiger charge is -2.32. The van der Waals surface area contributed by atoms with Crippen molar-refractivity contribution >= 4 is 17.3 Å². The lowest BCUT2D eigenvalue weighted by molar-refractivity contribution is 0.426. The SMILES string of the molecule is CNc1cn2ccnc2c(N(C)C2CCCCC2)n1. The van der Waals surface area contributed by atoms with Gasteiger partial charge >= 0.3 is 0 Å². The maximum absolute atomic E-state index is 4.70. The second-order valence-corrected chi connectivity index (χ2v) is 5.26. The zero-order valence-electron chi connectivity index (χ0n) is 11.6. The normalized spacial score (nSPS) is 16.7. The van der Waals surface area contributed by atoms with E-state index in [9.17, 15) is 0 Å². The molecule has 5 heteroatoms. The number of anilines is 2. The van der Waals surface area contributed by atoms with Gasteiger partial charge in [0, 0.05) is 32.5 Å². The molecule has 0 aromatic carbocycles. The molecule has 0 amide bonds. The van der Waals surface area contributed by atoms with E-state index in [1.165, 1.54) is 32.1 Å². The second kappa shape index (κ2) is 5.07. The molecule has 1 fully saturated rings. The van der Waals surface area contributed by atoms with Gasteiger partial charge in [-0.2, -0.15) is 0 Å². The third-order valence-electron chi connectivity index (χ3n) is 4.07. The average molecular weight is 259 g/mol. The smallest absolute Gasteiger partial charge is 0.180 e. The van der Waals surface area contributed by atoms with Gasteiger partial charge in [0.15, 0.2) is 11.5 Å². The predicted molar refractivity (Wildman–Crippen MR) is 77.8 cm³/mol. The molecule has 0 unspecified atom stereocenters. The summed E-state index contributed by atoms with van der Waals surface area (Å²) in [5.41, 5.74) is 0.937. The molecule has 0 radical (unpaired) electrons. The zero-order valence-corrected chi connectivity index (χ0v) is 11.6. The molecule has 102 valence electrons. The Morgan fingerprint density at radius 2 is 2.11 bits per heavy atom. The zero-order chi connectivity index (χ0) is 13.2. The highest BCUT2D eigenvalue weighted by atomic mass is 15.2. The maximum Gasteiger partial charge on any atom is 0.180 e.